The second kappa shape index (κ2) is 16.9. The summed E-state index contributed by atoms with van der Waals surface area (Å²) in [5.41, 5.74) is 18.7. The average Bonchev–Trinajstić information content (AvgIpc) is 4.14. The van der Waals surface area contributed by atoms with Gasteiger partial charge in [0.2, 0.25) is 0 Å². The molecule has 1 aliphatic rings. The molecule has 0 saturated carbocycles. The fourth-order valence-electron chi connectivity index (χ4n) is 12.4. The van der Waals surface area contributed by atoms with Crippen LogP contribution >= 0.6 is 11.3 Å². The molecule has 3 heteroatoms. The van der Waals surface area contributed by atoms with E-state index >= 15 is 0 Å². The van der Waals surface area contributed by atoms with E-state index in [1.54, 1.807) is 0 Å². The molecule has 0 spiro atoms. The lowest BCUT2D eigenvalue weighted by Crippen LogP contribution is -2.28. The van der Waals surface area contributed by atoms with Gasteiger partial charge in [-0.25, -0.2) is 0 Å². The number of fused-ring (bicyclic) bond motifs is 11. The van der Waals surface area contributed by atoms with Crippen molar-refractivity contribution in [1.29, 1.82) is 0 Å². The van der Waals surface area contributed by atoms with Gasteiger partial charge in [0.15, 0.2) is 0 Å². The van der Waals surface area contributed by atoms with Crippen LogP contribution in [0.3, 0.4) is 0 Å². The standard InChI is InChI=1S/C71H46N2S/c1-3-19-51(20-4-1)71(52-21-5-2-6-22-52)65-30-12-9-25-59(65)60-44-42-56(46-66(60)71)72(54-40-35-49(36-41-54)58-28-16-29-63-64-43-37-48-17-7-8-24-57(48)70(64)74-69(58)63)53-38-33-47(34-39-53)50-18-15-23-55(45-50)73-67-31-13-10-26-61(67)62-27-11-14-32-68(62)73/h1-46H. The summed E-state index contributed by atoms with van der Waals surface area (Å²) in [6, 6.07) is 103. The van der Waals surface area contributed by atoms with Crippen molar-refractivity contribution in [3.05, 3.63) is 301 Å². The van der Waals surface area contributed by atoms with Crippen molar-refractivity contribution >= 4 is 81.1 Å². The predicted octanol–water partition coefficient (Wildman–Crippen LogP) is 19.5. The summed E-state index contributed by atoms with van der Waals surface area (Å²) in [6.07, 6.45) is 0. The molecular formula is C71H46N2S. The minimum atomic E-state index is -0.528. The summed E-state index contributed by atoms with van der Waals surface area (Å²) in [5.74, 6) is 0. The molecule has 12 aromatic carbocycles. The molecule has 0 fully saturated rings. The molecule has 2 nitrogen and oxygen atoms in total. The normalized spacial score (nSPS) is 12.7. The maximum absolute atomic E-state index is 2.47. The van der Waals surface area contributed by atoms with Gasteiger partial charge in [0, 0.05) is 53.7 Å². The van der Waals surface area contributed by atoms with E-state index in [4.69, 9.17) is 0 Å². The van der Waals surface area contributed by atoms with E-state index in [-0.39, 0.29) is 0 Å². The van der Waals surface area contributed by atoms with E-state index in [0.29, 0.717) is 0 Å². The van der Waals surface area contributed by atoms with Crippen molar-refractivity contribution in [3.8, 4) is 39.1 Å². The molecule has 74 heavy (non-hydrogen) atoms. The Kier molecular flexibility index (Phi) is 9.70. The molecule has 346 valence electrons. The first-order valence-electron chi connectivity index (χ1n) is 25.5. The number of nitrogens with zero attached hydrogens (tertiary/aromatic N) is 2. The number of rotatable bonds is 8. The summed E-state index contributed by atoms with van der Waals surface area (Å²) in [6.45, 7) is 0. The fraction of sp³-hybridized carbons (Fsp3) is 0.0141. The van der Waals surface area contributed by atoms with Crippen molar-refractivity contribution in [1.82, 2.24) is 4.57 Å². The third-order valence-electron chi connectivity index (χ3n) is 15.7. The van der Waals surface area contributed by atoms with Crippen LogP contribution in [0.25, 0.3) is 91.8 Å². The topological polar surface area (TPSA) is 8.17 Å². The van der Waals surface area contributed by atoms with Crippen LogP contribution in [0.4, 0.5) is 17.1 Å². The minimum Gasteiger partial charge on any atom is -0.310 e. The number of anilines is 3. The van der Waals surface area contributed by atoms with Crippen LogP contribution in [0, 0.1) is 0 Å². The maximum Gasteiger partial charge on any atom is 0.0714 e. The molecule has 0 amide bonds. The molecule has 0 atom stereocenters. The van der Waals surface area contributed by atoms with E-state index in [1.807, 2.05) is 11.3 Å². The van der Waals surface area contributed by atoms with Crippen molar-refractivity contribution in [2.24, 2.45) is 0 Å². The summed E-state index contributed by atoms with van der Waals surface area (Å²) < 4.78 is 5.06. The first kappa shape index (κ1) is 42.4. The lowest BCUT2D eigenvalue weighted by Gasteiger charge is -2.35. The summed E-state index contributed by atoms with van der Waals surface area (Å²) in [7, 11) is 0. The van der Waals surface area contributed by atoms with Crippen LogP contribution < -0.4 is 4.90 Å². The lowest BCUT2D eigenvalue weighted by molar-refractivity contribution is 0.768. The van der Waals surface area contributed by atoms with Gasteiger partial charge in [0.1, 0.15) is 0 Å². The molecule has 0 aliphatic heterocycles. The Morgan fingerprint density at radius 2 is 0.851 bits per heavy atom. The molecule has 1 aliphatic carbocycles. The Labute approximate surface area is 433 Å². The summed E-state index contributed by atoms with van der Waals surface area (Å²) in [5, 5.41) is 7.73. The van der Waals surface area contributed by atoms with Gasteiger partial charge in [-0.15, -0.1) is 11.3 Å². The van der Waals surface area contributed by atoms with Crippen LogP contribution in [0.15, 0.2) is 279 Å². The quantitative estimate of drug-likeness (QED) is 0.147. The van der Waals surface area contributed by atoms with Gasteiger partial charge in [0.25, 0.3) is 0 Å². The van der Waals surface area contributed by atoms with Crippen molar-refractivity contribution in [2.75, 3.05) is 4.90 Å². The zero-order valence-electron chi connectivity index (χ0n) is 40.4. The van der Waals surface area contributed by atoms with Crippen LogP contribution in [0.2, 0.25) is 0 Å². The molecule has 0 saturated heterocycles. The van der Waals surface area contributed by atoms with Crippen LogP contribution in [0.1, 0.15) is 22.3 Å². The first-order chi connectivity index (χ1) is 36.7. The summed E-state index contributed by atoms with van der Waals surface area (Å²) >= 11 is 1.91. The van der Waals surface area contributed by atoms with Gasteiger partial charge in [0.05, 0.1) is 16.4 Å². The molecule has 2 heterocycles. The van der Waals surface area contributed by atoms with Gasteiger partial charge in [-0.1, -0.05) is 218 Å². The first-order valence-corrected chi connectivity index (χ1v) is 26.3. The maximum atomic E-state index is 2.47. The Morgan fingerprint density at radius 3 is 1.57 bits per heavy atom. The van der Waals surface area contributed by atoms with E-state index in [1.165, 1.54) is 103 Å². The molecule has 0 bridgehead atoms. The highest BCUT2D eigenvalue weighted by molar-refractivity contribution is 7.27. The Hall–Kier alpha value is -9.28. The zero-order chi connectivity index (χ0) is 48.7. The third-order valence-corrected chi connectivity index (χ3v) is 17.0. The Morgan fingerprint density at radius 1 is 0.311 bits per heavy atom. The second-order valence-electron chi connectivity index (χ2n) is 19.6. The van der Waals surface area contributed by atoms with Gasteiger partial charge < -0.3 is 9.47 Å². The largest absolute Gasteiger partial charge is 0.310 e. The number of benzene rings is 12. The van der Waals surface area contributed by atoms with Crippen LogP contribution in [-0.4, -0.2) is 4.57 Å². The molecule has 0 N–H and O–H groups in total. The molecular weight excluding hydrogens is 913 g/mol. The highest BCUT2D eigenvalue weighted by atomic mass is 32.1. The highest BCUT2D eigenvalue weighted by Crippen LogP contribution is 2.57. The SMILES string of the molecule is c1ccc(C2(c3ccccc3)c3ccccc3-c3ccc(N(c4ccc(-c5cccc(-n6c7ccccc7c7ccccc76)c5)cc4)c4ccc(-c5cccc6c5sc5c7ccccc7ccc65)cc4)cc32)cc1. The highest BCUT2D eigenvalue weighted by Gasteiger charge is 2.46. The zero-order valence-corrected chi connectivity index (χ0v) is 41.2. The third kappa shape index (κ3) is 6.43. The second-order valence-corrected chi connectivity index (χ2v) is 20.6. The van der Waals surface area contributed by atoms with E-state index in [0.717, 1.165) is 28.3 Å². The van der Waals surface area contributed by atoms with Crippen LogP contribution in [-0.2, 0) is 5.41 Å². The number of aromatic nitrogens is 1. The van der Waals surface area contributed by atoms with Gasteiger partial charge >= 0.3 is 0 Å². The monoisotopic (exact) mass is 958 g/mol. The molecule has 14 aromatic rings. The molecule has 0 unspecified atom stereocenters. The van der Waals surface area contributed by atoms with Gasteiger partial charge in [-0.05, 0) is 127 Å². The average molecular weight is 959 g/mol. The number of hydrogen-bond donors (Lipinski definition) is 0. The van der Waals surface area contributed by atoms with Crippen LogP contribution in [0.5, 0.6) is 0 Å². The molecule has 0 radical (unpaired) electrons. The van der Waals surface area contributed by atoms with Crippen molar-refractivity contribution in [3.63, 3.8) is 0 Å². The van der Waals surface area contributed by atoms with E-state index in [2.05, 4.69) is 289 Å². The fourth-order valence-corrected chi connectivity index (χ4v) is 13.8. The van der Waals surface area contributed by atoms with E-state index in [9.17, 15) is 0 Å². The van der Waals surface area contributed by atoms with Crippen molar-refractivity contribution in [2.45, 2.75) is 5.41 Å². The predicted molar refractivity (Wildman–Crippen MR) is 314 cm³/mol. The number of para-hydroxylation sites is 2. The number of hydrogen-bond acceptors (Lipinski definition) is 2. The summed E-state index contributed by atoms with van der Waals surface area (Å²) in [4.78, 5) is 2.44. The molecule has 15 rings (SSSR count). The smallest absolute Gasteiger partial charge is 0.0714 e. The van der Waals surface area contributed by atoms with Crippen molar-refractivity contribution < 1.29 is 0 Å². The minimum absolute atomic E-state index is 0.528. The van der Waals surface area contributed by atoms with Gasteiger partial charge in [-0.3, -0.25) is 0 Å². The van der Waals surface area contributed by atoms with Gasteiger partial charge in [-0.2, -0.15) is 0 Å². The van der Waals surface area contributed by atoms with E-state index < -0.39 is 5.41 Å². The number of thiophene rings is 1. The Balaban J connectivity index is 0.886. The molecule has 2 aromatic heterocycles. The lowest BCUT2D eigenvalue weighted by atomic mass is 9.67. The Bertz CT molecular complexity index is 4380.